The molecule has 2 aromatic rings. The summed E-state index contributed by atoms with van der Waals surface area (Å²) in [5.41, 5.74) is 1.000. The summed E-state index contributed by atoms with van der Waals surface area (Å²) in [5, 5.41) is 0.457. The maximum atomic E-state index is 12.7. The van der Waals surface area contributed by atoms with E-state index in [9.17, 15) is 16.8 Å². The average Bonchev–Trinajstić information content (AvgIpc) is 2.66. The average molecular weight is 429 g/mol. The van der Waals surface area contributed by atoms with Gasteiger partial charge in [-0.3, -0.25) is 4.72 Å². The fraction of sp³-hybridized carbons (Fsp3) is 0.333. The van der Waals surface area contributed by atoms with Crippen molar-refractivity contribution in [1.29, 1.82) is 0 Å². The summed E-state index contributed by atoms with van der Waals surface area (Å²) in [6.45, 7) is 2.71. The van der Waals surface area contributed by atoms with E-state index < -0.39 is 20.0 Å². The molecule has 9 heteroatoms. The van der Waals surface area contributed by atoms with E-state index in [4.69, 9.17) is 11.6 Å². The van der Waals surface area contributed by atoms with Gasteiger partial charge in [-0.05, 0) is 61.7 Å². The van der Waals surface area contributed by atoms with Gasteiger partial charge in [0.05, 0.1) is 15.5 Å². The van der Waals surface area contributed by atoms with Gasteiger partial charge in [0.1, 0.15) is 0 Å². The Kier molecular flexibility index (Phi) is 5.81. The second-order valence-corrected chi connectivity index (χ2v) is 10.5. The van der Waals surface area contributed by atoms with E-state index in [-0.39, 0.29) is 9.79 Å². The number of hydrogen-bond acceptors (Lipinski definition) is 4. The van der Waals surface area contributed by atoms with Crippen LogP contribution in [0.15, 0.2) is 52.3 Å². The Balaban J connectivity index is 1.85. The van der Waals surface area contributed by atoms with Crippen molar-refractivity contribution in [2.24, 2.45) is 0 Å². The standard InChI is InChI=1S/C18H21ClN2O4S2/c1-14-17(19)6-5-7-18(14)20-26(22,23)15-8-10-16(11-9-15)27(24,25)21-12-3-2-4-13-21/h5-11,20H,2-4,12-13H2,1H3. The summed E-state index contributed by atoms with van der Waals surface area (Å²) in [6.07, 6.45) is 2.71. The summed E-state index contributed by atoms with van der Waals surface area (Å²) in [5.74, 6) is 0. The third-order valence-electron chi connectivity index (χ3n) is 4.60. The van der Waals surface area contributed by atoms with Crippen molar-refractivity contribution in [3.05, 3.63) is 53.1 Å². The number of nitrogens with zero attached hydrogens (tertiary/aromatic N) is 1. The molecule has 0 unspecified atom stereocenters. The summed E-state index contributed by atoms with van der Waals surface area (Å²) in [6, 6.07) is 10.2. The Labute approximate surface area is 165 Å². The summed E-state index contributed by atoms with van der Waals surface area (Å²) >= 11 is 6.03. The minimum atomic E-state index is -3.86. The first-order valence-electron chi connectivity index (χ1n) is 8.60. The molecule has 0 spiro atoms. The van der Waals surface area contributed by atoms with Gasteiger partial charge in [-0.1, -0.05) is 24.1 Å². The molecule has 146 valence electrons. The molecule has 6 nitrogen and oxygen atoms in total. The lowest BCUT2D eigenvalue weighted by atomic mass is 10.2. The molecular weight excluding hydrogens is 408 g/mol. The lowest BCUT2D eigenvalue weighted by molar-refractivity contribution is 0.346. The molecule has 1 N–H and O–H groups in total. The number of anilines is 1. The van der Waals surface area contributed by atoms with Crippen LogP contribution in [0.3, 0.4) is 0 Å². The number of hydrogen-bond donors (Lipinski definition) is 1. The van der Waals surface area contributed by atoms with E-state index in [0.717, 1.165) is 19.3 Å². The van der Waals surface area contributed by atoms with Crippen LogP contribution in [0, 0.1) is 6.92 Å². The van der Waals surface area contributed by atoms with Crippen LogP contribution in [-0.4, -0.2) is 34.2 Å². The number of halogens is 1. The van der Waals surface area contributed by atoms with E-state index >= 15 is 0 Å². The quantitative estimate of drug-likeness (QED) is 0.788. The van der Waals surface area contributed by atoms with Gasteiger partial charge in [0.15, 0.2) is 0 Å². The molecule has 0 saturated carbocycles. The summed E-state index contributed by atoms with van der Waals surface area (Å²) in [4.78, 5) is 0.0850. The van der Waals surface area contributed by atoms with Crippen LogP contribution in [0.4, 0.5) is 5.69 Å². The van der Waals surface area contributed by atoms with Gasteiger partial charge in [-0.25, -0.2) is 16.8 Å². The number of benzene rings is 2. The highest BCUT2D eigenvalue weighted by molar-refractivity contribution is 7.92. The molecule has 0 aliphatic carbocycles. The first-order valence-corrected chi connectivity index (χ1v) is 11.9. The largest absolute Gasteiger partial charge is 0.279 e. The van der Waals surface area contributed by atoms with Crippen LogP contribution < -0.4 is 4.72 Å². The molecule has 0 radical (unpaired) electrons. The number of piperidine rings is 1. The monoisotopic (exact) mass is 428 g/mol. The van der Waals surface area contributed by atoms with Crippen LogP contribution in [-0.2, 0) is 20.0 Å². The van der Waals surface area contributed by atoms with E-state index in [0.29, 0.717) is 29.4 Å². The van der Waals surface area contributed by atoms with Gasteiger partial charge in [0.25, 0.3) is 10.0 Å². The van der Waals surface area contributed by atoms with Crippen LogP contribution in [0.5, 0.6) is 0 Å². The Morgan fingerprint density at radius 3 is 2.11 bits per heavy atom. The number of rotatable bonds is 5. The van der Waals surface area contributed by atoms with Gasteiger partial charge >= 0.3 is 0 Å². The molecule has 1 heterocycles. The zero-order valence-electron chi connectivity index (χ0n) is 14.9. The van der Waals surface area contributed by atoms with E-state index in [1.54, 1.807) is 25.1 Å². The first-order chi connectivity index (χ1) is 12.7. The SMILES string of the molecule is Cc1c(Cl)cccc1NS(=O)(=O)c1ccc(S(=O)(=O)N2CCCCC2)cc1. The van der Waals surface area contributed by atoms with Gasteiger partial charge < -0.3 is 0 Å². The zero-order chi connectivity index (χ0) is 19.7. The molecule has 0 amide bonds. The van der Waals surface area contributed by atoms with Crippen molar-refractivity contribution in [1.82, 2.24) is 4.31 Å². The van der Waals surface area contributed by atoms with Crippen LogP contribution in [0.1, 0.15) is 24.8 Å². The normalized spacial score (nSPS) is 16.2. The Hall–Kier alpha value is -1.61. The van der Waals surface area contributed by atoms with Gasteiger partial charge in [-0.15, -0.1) is 0 Å². The smallest absolute Gasteiger partial charge is 0.261 e. The van der Waals surface area contributed by atoms with Crippen molar-refractivity contribution in [2.75, 3.05) is 17.8 Å². The molecule has 27 heavy (non-hydrogen) atoms. The Bertz CT molecular complexity index is 1030. The second kappa shape index (κ2) is 7.79. The van der Waals surface area contributed by atoms with Gasteiger partial charge in [0.2, 0.25) is 10.0 Å². The minimum absolute atomic E-state index is 0.0144. The predicted molar refractivity (Wildman–Crippen MR) is 106 cm³/mol. The summed E-state index contributed by atoms with van der Waals surface area (Å²) in [7, 11) is -7.45. The van der Waals surface area contributed by atoms with E-state index in [1.807, 2.05) is 0 Å². The number of sulfonamides is 2. The minimum Gasteiger partial charge on any atom is -0.279 e. The zero-order valence-corrected chi connectivity index (χ0v) is 17.2. The van der Waals surface area contributed by atoms with E-state index in [2.05, 4.69) is 4.72 Å². The third kappa shape index (κ3) is 4.29. The third-order valence-corrected chi connectivity index (χ3v) is 8.30. The predicted octanol–water partition coefficient (Wildman–Crippen LogP) is 3.62. The highest BCUT2D eigenvalue weighted by Crippen LogP contribution is 2.26. The van der Waals surface area contributed by atoms with Crippen LogP contribution in [0.2, 0.25) is 5.02 Å². The lowest BCUT2D eigenvalue weighted by Crippen LogP contribution is -2.35. The molecule has 1 fully saturated rings. The molecule has 3 rings (SSSR count). The second-order valence-electron chi connectivity index (χ2n) is 6.45. The highest BCUT2D eigenvalue weighted by Gasteiger charge is 2.26. The topological polar surface area (TPSA) is 83.5 Å². The molecule has 0 aromatic heterocycles. The molecular formula is C18H21ClN2O4S2. The molecule has 2 aromatic carbocycles. The van der Waals surface area contributed by atoms with Crippen LogP contribution in [0.25, 0.3) is 0 Å². The summed E-state index contributed by atoms with van der Waals surface area (Å²) < 4.78 is 54.5. The molecule has 1 saturated heterocycles. The lowest BCUT2D eigenvalue weighted by Gasteiger charge is -2.25. The van der Waals surface area contributed by atoms with Crippen molar-refractivity contribution in [3.63, 3.8) is 0 Å². The van der Waals surface area contributed by atoms with Crippen molar-refractivity contribution < 1.29 is 16.8 Å². The van der Waals surface area contributed by atoms with Crippen molar-refractivity contribution >= 4 is 37.3 Å². The Morgan fingerprint density at radius 1 is 0.889 bits per heavy atom. The first kappa shape index (κ1) is 20.1. The maximum Gasteiger partial charge on any atom is 0.261 e. The fourth-order valence-electron chi connectivity index (χ4n) is 2.97. The van der Waals surface area contributed by atoms with Gasteiger partial charge in [-0.2, -0.15) is 4.31 Å². The van der Waals surface area contributed by atoms with Crippen LogP contribution >= 0.6 is 11.6 Å². The maximum absolute atomic E-state index is 12.7. The van der Waals surface area contributed by atoms with E-state index in [1.165, 1.54) is 28.6 Å². The molecule has 0 bridgehead atoms. The fourth-order valence-corrected chi connectivity index (χ4v) is 5.78. The molecule has 1 aliphatic rings. The number of nitrogens with one attached hydrogen (secondary N) is 1. The molecule has 1 aliphatic heterocycles. The van der Waals surface area contributed by atoms with Crippen molar-refractivity contribution in [2.45, 2.75) is 36.0 Å². The van der Waals surface area contributed by atoms with Gasteiger partial charge in [0, 0.05) is 18.1 Å². The molecule has 0 atom stereocenters. The van der Waals surface area contributed by atoms with Crippen molar-refractivity contribution in [3.8, 4) is 0 Å². The Morgan fingerprint density at radius 2 is 1.48 bits per heavy atom. The highest BCUT2D eigenvalue weighted by atomic mass is 35.5.